The Morgan fingerprint density at radius 1 is 1.11 bits per heavy atom. The molecule has 4 rings (SSSR count). The number of benzene rings is 1. The van der Waals surface area contributed by atoms with Gasteiger partial charge >= 0.3 is 12.1 Å². The Hall–Kier alpha value is -3.73. The SMILES string of the molecule is CC(C)C1NC(=S)N(c2ccc(OC(=O)N3CCC(Oc4ccc(C(=O)O)cc4)CC3)cn2)C1=O. The van der Waals surface area contributed by atoms with Crippen LogP contribution in [0.2, 0.25) is 0 Å². The van der Waals surface area contributed by atoms with E-state index in [4.69, 9.17) is 26.8 Å². The summed E-state index contributed by atoms with van der Waals surface area (Å²) >= 11 is 5.28. The smallest absolute Gasteiger partial charge is 0.415 e. The fraction of sp³-hybridized carbons (Fsp3) is 0.375. The van der Waals surface area contributed by atoms with Crippen LogP contribution in [0.25, 0.3) is 0 Å². The largest absolute Gasteiger partial charge is 0.490 e. The number of carboxylic acid groups (broad SMARTS) is 1. The van der Waals surface area contributed by atoms with Gasteiger partial charge in [0.05, 0.1) is 11.8 Å². The zero-order valence-corrected chi connectivity index (χ0v) is 20.2. The molecule has 11 heteroatoms. The summed E-state index contributed by atoms with van der Waals surface area (Å²) in [6.07, 6.45) is 2.05. The number of likely N-dealkylation sites (tertiary alicyclic amines) is 1. The molecule has 10 nitrogen and oxygen atoms in total. The monoisotopic (exact) mass is 498 g/mol. The second-order valence-corrected chi connectivity index (χ2v) is 9.09. The lowest BCUT2D eigenvalue weighted by atomic mass is 10.1. The van der Waals surface area contributed by atoms with E-state index in [-0.39, 0.29) is 29.2 Å². The summed E-state index contributed by atoms with van der Waals surface area (Å²) in [5.74, 6) is 0.153. The Kier molecular flexibility index (Phi) is 7.15. The lowest BCUT2D eigenvalue weighted by Gasteiger charge is -2.31. The van der Waals surface area contributed by atoms with Crippen molar-refractivity contribution in [1.82, 2.24) is 15.2 Å². The van der Waals surface area contributed by atoms with Crippen molar-refractivity contribution in [3.8, 4) is 11.5 Å². The molecule has 1 aromatic heterocycles. The van der Waals surface area contributed by atoms with Crippen molar-refractivity contribution in [2.75, 3.05) is 18.0 Å². The maximum atomic E-state index is 12.6. The number of aromatic carboxylic acids is 1. The van der Waals surface area contributed by atoms with Crippen LogP contribution in [0.1, 0.15) is 37.0 Å². The number of carbonyl (C=O) groups is 3. The Balaban J connectivity index is 1.28. The molecule has 184 valence electrons. The van der Waals surface area contributed by atoms with Crippen LogP contribution >= 0.6 is 12.2 Å². The second-order valence-electron chi connectivity index (χ2n) is 8.70. The number of rotatable bonds is 6. The molecule has 0 bridgehead atoms. The highest BCUT2D eigenvalue weighted by molar-refractivity contribution is 7.80. The van der Waals surface area contributed by atoms with Gasteiger partial charge < -0.3 is 24.8 Å². The third-order valence-electron chi connectivity index (χ3n) is 5.89. The number of piperidine rings is 1. The minimum atomic E-state index is -0.988. The van der Waals surface area contributed by atoms with Crippen LogP contribution < -0.4 is 19.7 Å². The van der Waals surface area contributed by atoms with E-state index in [0.29, 0.717) is 42.6 Å². The predicted octanol–water partition coefficient (Wildman–Crippen LogP) is 3.07. The van der Waals surface area contributed by atoms with Gasteiger partial charge in [0.15, 0.2) is 10.9 Å². The highest BCUT2D eigenvalue weighted by atomic mass is 32.1. The molecule has 0 radical (unpaired) electrons. The first-order chi connectivity index (χ1) is 16.7. The lowest BCUT2D eigenvalue weighted by Crippen LogP contribution is -2.43. The van der Waals surface area contributed by atoms with Gasteiger partial charge in [-0.05, 0) is 54.5 Å². The molecular formula is C24H26N4O6S. The molecule has 2 aliphatic heterocycles. The first-order valence-corrected chi connectivity index (χ1v) is 11.7. The summed E-state index contributed by atoms with van der Waals surface area (Å²) in [5, 5.41) is 12.3. The van der Waals surface area contributed by atoms with E-state index >= 15 is 0 Å². The van der Waals surface area contributed by atoms with Crippen molar-refractivity contribution in [1.29, 1.82) is 0 Å². The molecule has 1 aromatic carbocycles. The summed E-state index contributed by atoms with van der Waals surface area (Å²) < 4.78 is 11.4. The minimum Gasteiger partial charge on any atom is -0.490 e. The van der Waals surface area contributed by atoms with Gasteiger partial charge in [0, 0.05) is 25.9 Å². The molecule has 3 heterocycles. The van der Waals surface area contributed by atoms with Gasteiger partial charge in [0.2, 0.25) is 0 Å². The van der Waals surface area contributed by atoms with E-state index in [9.17, 15) is 14.4 Å². The second kappa shape index (κ2) is 10.3. The van der Waals surface area contributed by atoms with Gasteiger partial charge in [-0.3, -0.25) is 4.79 Å². The van der Waals surface area contributed by atoms with Gasteiger partial charge in [-0.2, -0.15) is 0 Å². The molecule has 2 fully saturated rings. The van der Waals surface area contributed by atoms with Crippen molar-refractivity contribution in [3.63, 3.8) is 0 Å². The number of hydrogen-bond acceptors (Lipinski definition) is 7. The fourth-order valence-electron chi connectivity index (χ4n) is 3.92. The third-order valence-corrected chi connectivity index (χ3v) is 6.19. The lowest BCUT2D eigenvalue weighted by molar-refractivity contribution is -0.119. The van der Waals surface area contributed by atoms with Crippen molar-refractivity contribution >= 4 is 41.1 Å². The normalized spacial score (nSPS) is 18.5. The van der Waals surface area contributed by atoms with Crippen LogP contribution in [0, 0.1) is 5.92 Å². The summed E-state index contributed by atoms with van der Waals surface area (Å²) in [5.41, 5.74) is 0.198. The van der Waals surface area contributed by atoms with E-state index in [1.165, 1.54) is 23.2 Å². The Morgan fingerprint density at radius 2 is 1.77 bits per heavy atom. The van der Waals surface area contributed by atoms with Crippen LogP contribution in [0.5, 0.6) is 11.5 Å². The molecule has 2 aliphatic rings. The van der Waals surface area contributed by atoms with Gasteiger partial charge in [-0.25, -0.2) is 19.5 Å². The molecular weight excluding hydrogens is 472 g/mol. The van der Waals surface area contributed by atoms with Crippen molar-refractivity contribution in [3.05, 3.63) is 48.2 Å². The predicted molar refractivity (Wildman–Crippen MR) is 131 cm³/mol. The number of pyridine rings is 1. The number of thiocarbonyl (C=S) groups is 1. The number of nitrogens with one attached hydrogen (secondary N) is 1. The van der Waals surface area contributed by atoms with E-state index in [0.717, 1.165) is 0 Å². The Morgan fingerprint density at radius 3 is 2.31 bits per heavy atom. The van der Waals surface area contributed by atoms with Gasteiger partial charge in [0.25, 0.3) is 5.91 Å². The number of anilines is 1. The number of hydrogen-bond donors (Lipinski definition) is 2. The summed E-state index contributed by atoms with van der Waals surface area (Å²) in [4.78, 5) is 43.4. The van der Waals surface area contributed by atoms with E-state index in [2.05, 4.69) is 10.3 Å². The highest BCUT2D eigenvalue weighted by Gasteiger charge is 2.38. The fourth-order valence-corrected chi connectivity index (χ4v) is 4.23. The minimum absolute atomic E-state index is 0.0812. The molecule has 35 heavy (non-hydrogen) atoms. The van der Waals surface area contributed by atoms with E-state index in [1.807, 2.05) is 13.8 Å². The van der Waals surface area contributed by atoms with Crippen molar-refractivity contribution < 1.29 is 29.0 Å². The van der Waals surface area contributed by atoms with Gasteiger partial charge in [0.1, 0.15) is 23.7 Å². The number of nitrogens with zero attached hydrogens (tertiary/aromatic N) is 3. The average molecular weight is 499 g/mol. The molecule has 1 unspecified atom stereocenters. The van der Waals surface area contributed by atoms with Crippen LogP contribution in [0.4, 0.5) is 10.6 Å². The Bertz CT molecular complexity index is 1110. The molecule has 2 aromatic rings. The molecule has 0 saturated carbocycles. The maximum Gasteiger partial charge on any atom is 0.415 e. The van der Waals surface area contributed by atoms with E-state index in [1.54, 1.807) is 29.2 Å². The van der Waals surface area contributed by atoms with Crippen LogP contribution in [-0.2, 0) is 4.79 Å². The van der Waals surface area contributed by atoms with Crippen LogP contribution in [0.3, 0.4) is 0 Å². The topological polar surface area (TPSA) is 121 Å². The number of carboxylic acids is 1. The van der Waals surface area contributed by atoms with Crippen molar-refractivity contribution in [2.24, 2.45) is 5.92 Å². The number of carbonyl (C=O) groups excluding carboxylic acids is 2. The number of amides is 2. The number of ether oxygens (including phenoxy) is 2. The molecule has 2 N–H and O–H groups in total. The number of aromatic nitrogens is 1. The molecule has 1 atom stereocenters. The molecule has 2 saturated heterocycles. The quantitative estimate of drug-likeness (QED) is 0.579. The summed E-state index contributed by atoms with van der Waals surface area (Å²) in [6, 6.07) is 9.02. The third kappa shape index (κ3) is 5.51. The zero-order chi connectivity index (χ0) is 25.1. The van der Waals surface area contributed by atoms with Crippen LogP contribution in [-0.4, -0.2) is 63.3 Å². The standard InChI is InChI=1S/C24H26N4O6S/c1-14(2)20-21(29)28(23(35)26-20)19-8-7-18(13-25-19)34-24(32)27-11-9-17(10-12-27)33-16-5-3-15(4-6-16)22(30)31/h3-8,13-14,17,20H,9-12H2,1-2H3,(H,26,35)(H,30,31). The molecule has 0 spiro atoms. The average Bonchev–Trinajstić information content (AvgIpc) is 3.14. The first-order valence-electron chi connectivity index (χ1n) is 11.3. The maximum absolute atomic E-state index is 12.6. The zero-order valence-electron chi connectivity index (χ0n) is 19.3. The molecule has 2 amide bonds. The summed E-state index contributed by atoms with van der Waals surface area (Å²) in [7, 11) is 0. The first kappa shape index (κ1) is 24.4. The van der Waals surface area contributed by atoms with Crippen molar-refractivity contribution in [2.45, 2.75) is 38.8 Å². The highest BCUT2D eigenvalue weighted by Crippen LogP contribution is 2.24. The molecule has 0 aliphatic carbocycles. The van der Waals surface area contributed by atoms with E-state index < -0.39 is 18.1 Å². The Labute approximate surface area is 207 Å². The van der Waals surface area contributed by atoms with Crippen LogP contribution in [0.15, 0.2) is 42.6 Å². The van der Waals surface area contributed by atoms with Gasteiger partial charge in [-0.1, -0.05) is 13.8 Å². The van der Waals surface area contributed by atoms with Gasteiger partial charge in [-0.15, -0.1) is 0 Å². The summed E-state index contributed by atoms with van der Waals surface area (Å²) in [6.45, 7) is 4.79.